The van der Waals surface area contributed by atoms with Crippen LogP contribution in [-0.2, 0) is 0 Å². The molecule has 17 heavy (non-hydrogen) atoms. The third kappa shape index (κ3) is 1.72. The summed E-state index contributed by atoms with van der Waals surface area (Å²) in [4.78, 5) is 8.94. The molecule has 1 aliphatic heterocycles. The zero-order valence-corrected chi connectivity index (χ0v) is 10.3. The lowest BCUT2D eigenvalue weighted by atomic mass is 10.1. The van der Waals surface area contributed by atoms with Gasteiger partial charge >= 0.3 is 0 Å². The molecule has 0 radical (unpaired) electrons. The van der Waals surface area contributed by atoms with Crippen molar-refractivity contribution < 1.29 is 0 Å². The van der Waals surface area contributed by atoms with Crippen molar-refractivity contribution >= 4 is 11.0 Å². The maximum absolute atomic E-state index is 4.78. The fraction of sp³-hybridized carbons (Fsp3) is 0.538. The monoisotopic (exact) mass is 230 g/mol. The van der Waals surface area contributed by atoms with Crippen molar-refractivity contribution in [2.24, 2.45) is 0 Å². The average Bonchev–Trinajstić information content (AvgIpc) is 2.95. The number of hydrogen-bond acceptors (Lipinski definition) is 3. The van der Waals surface area contributed by atoms with E-state index in [1.54, 1.807) is 0 Å². The van der Waals surface area contributed by atoms with Crippen molar-refractivity contribution in [3.8, 4) is 0 Å². The molecule has 0 spiro atoms. The predicted molar refractivity (Wildman–Crippen MR) is 68.1 cm³/mol. The van der Waals surface area contributed by atoms with E-state index in [2.05, 4.69) is 34.8 Å². The molecule has 1 fully saturated rings. The Kier molecular flexibility index (Phi) is 2.59. The maximum atomic E-state index is 4.78. The Morgan fingerprint density at radius 3 is 3.06 bits per heavy atom. The molecule has 3 heterocycles. The minimum absolute atomic E-state index is 0.443. The van der Waals surface area contributed by atoms with Gasteiger partial charge in [0.05, 0.1) is 11.7 Å². The standard InChI is InChI=1S/C13H18N4/c1-9(2)17-12-4-6-15-8-11(12)16-13(17)10-3-5-14-7-10/h4,6,8-10,14H,3,5,7H2,1-2H3. The molecule has 0 aliphatic carbocycles. The van der Waals surface area contributed by atoms with E-state index in [0.717, 1.165) is 18.6 Å². The highest BCUT2D eigenvalue weighted by Gasteiger charge is 2.24. The second kappa shape index (κ2) is 4.11. The second-order valence-corrected chi connectivity index (χ2v) is 4.99. The number of rotatable bonds is 2. The number of nitrogens with one attached hydrogen (secondary N) is 1. The summed E-state index contributed by atoms with van der Waals surface area (Å²) in [5.41, 5.74) is 2.22. The molecular formula is C13H18N4. The fourth-order valence-corrected chi connectivity index (χ4v) is 2.68. The van der Waals surface area contributed by atoms with Crippen LogP contribution in [0.15, 0.2) is 18.5 Å². The number of pyridine rings is 1. The van der Waals surface area contributed by atoms with Crippen molar-refractivity contribution in [2.45, 2.75) is 32.2 Å². The van der Waals surface area contributed by atoms with Gasteiger partial charge in [0.2, 0.25) is 0 Å². The van der Waals surface area contributed by atoms with Gasteiger partial charge in [-0.15, -0.1) is 0 Å². The van der Waals surface area contributed by atoms with Crippen LogP contribution >= 0.6 is 0 Å². The van der Waals surface area contributed by atoms with E-state index < -0.39 is 0 Å². The summed E-state index contributed by atoms with van der Waals surface area (Å²) in [7, 11) is 0. The van der Waals surface area contributed by atoms with Crippen molar-refractivity contribution in [3.63, 3.8) is 0 Å². The highest BCUT2D eigenvalue weighted by molar-refractivity contribution is 5.75. The smallest absolute Gasteiger partial charge is 0.114 e. The van der Waals surface area contributed by atoms with Gasteiger partial charge in [-0.1, -0.05) is 0 Å². The molecular weight excluding hydrogens is 212 g/mol. The Morgan fingerprint density at radius 2 is 2.35 bits per heavy atom. The van der Waals surface area contributed by atoms with Crippen LogP contribution in [0.25, 0.3) is 11.0 Å². The Balaban J connectivity index is 2.18. The fourth-order valence-electron chi connectivity index (χ4n) is 2.68. The quantitative estimate of drug-likeness (QED) is 0.859. The Morgan fingerprint density at radius 1 is 1.47 bits per heavy atom. The molecule has 2 aromatic rings. The molecule has 0 aromatic carbocycles. The Hall–Kier alpha value is -1.42. The van der Waals surface area contributed by atoms with E-state index in [0.29, 0.717) is 12.0 Å². The van der Waals surface area contributed by atoms with Gasteiger partial charge in [-0.2, -0.15) is 0 Å². The summed E-state index contributed by atoms with van der Waals surface area (Å²) in [6, 6.07) is 2.51. The van der Waals surface area contributed by atoms with Crippen molar-refractivity contribution in [1.82, 2.24) is 19.9 Å². The lowest BCUT2D eigenvalue weighted by molar-refractivity contribution is 0.550. The zero-order valence-electron chi connectivity index (χ0n) is 10.3. The first-order chi connectivity index (χ1) is 8.27. The van der Waals surface area contributed by atoms with Crippen LogP contribution in [0.1, 0.15) is 38.1 Å². The molecule has 0 amide bonds. The number of fused-ring (bicyclic) bond motifs is 1. The van der Waals surface area contributed by atoms with Gasteiger partial charge in [0, 0.05) is 24.7 Å². The number of hydrogen-bond donors (Lipinski definition) is 1. The molecule has 3 rings (SSSR count). The largest absolute Gasteiger partial charge is 0.325 e. The summed E-state index contributed by atoms with van der Waals surface area (Å²) in [5.74, 6) is 1.76. The topological polar surface area (TPSA) is 42.7 Å². The molecule has 0 bridgehead atoms. The Bertz CT molecular complexity index is 523. The van der Waals surface area contributed by atoms with E-state index in [-0.39, 0.29) is 0 Å². The Labute approximate surface area is 101 Å². The minimum Gasteiger partial charge on any atom is -0.325 e. The van der Waals surface area contributed by atoms with Crippen LogP contribution in [0.3, 0.4) is 0 Å². The number of imidazole rings is 1. The summed E-state index contributed by atoms with van der Waals surface area (Å²) < 4.78 is 2.36. The molecule has 4 nitrogen and oxygen atoms in total. The van der Waals surface area contributed by atoms with Crippen molar-refractivity contribution in [3.05, 3.63) is 24.3 Å². The summed E-state index contributed by atoms with van der Waals surface area (Å²) in [5, 5.41) is 3.41. The van der Waals surface area contributed by atoms with Crippen LogP contribution in [0.5, 0.6) is 0 Å². The molecule has 90 valence electrons. The molecule has 2 aromatic heterocycles. The van der Waals surface area contributed by atoms with Gasteiger partial charge < -0.3 is 9.88 Å². The number of nitrogens with zero attached hydrogens (tertiary/aromatic N) is 3. The van der Waals surface area contributed by atoms with E-state index >= 15 is 0 Å². The van der Waals surface area contributed by atoms with E-state index in [4.69, 9.17) is 4.98 Å². The van der Waals surface area contributed by atoms with Crippen LogP contribution in [0.4, 0.5) is 0 Å². The lowest BCUT2D eigenvalue weighted by Gasteiger charge is -2.16. The molecule has 4 heteroatoms. The normalized spacial score (nSPS) is 20.5. The molecule has 0 saturated carbocycles. The van der Waals surface area contributed by atoms with Crippen LogP contribution in [0.2, 0.25) is 0 Å². The van der Waals surface area contributed by atoms with E-state index in [9.17, 15) is 0 Å². The van der Waals surface area contributed by atoms with Gasteiger partial charge in [0.25, 0.3) is 0 Å². The minimum atomic E-state index is 0.443. The van der Waals surface area contributed by atoms with Gasteiger partial charge in [-0.05, 0) is 32.9 Å². The first-order valence-electron chi connectivity index (χ1n) is 6.30. The third-order valence-electron chi connectivity index (χ3n) is 3.46. The molecule has 1 saturated heterocycles. The van der Waals surface area contributed by atoms with E-state index in [1.807, 2.05) is 12.4 Å². The summed E-state index contributed by atoms with van der Waals surface area (Å²) >= 11 is 0. The van der Waals surface area contributed by atoms with Gasteiger partial charge in [-0.3, -0.25) is 4.98 Å². The highest BCUT2D eigenvalue weighted by Crippen LogP contribution is 2.28. The summed E-state index contributed by atoms with van der Waals surface area (Å²) in [6.07, 6.45) is 4.89. The maximum Gasteiger partial charge on any atom is 0.114 e. The molecule has 1 atom stereocenters. The SMILES string of the molecule is CC(C)n1c(C2CCNC2)nc2cnccc21. The molecule has 1 unspecified atom stereocenters. The summed E-state index contributed by atoms with van der Waals surface area (Å²) in [6.45, 7) is 6.58. The molecule has 1 N–H and O–H groups in total. The first-order valence-corrected chi connectivity index (χ1v) is 6.30. The molecule has 1 aliphatic rings. The third-order valence-corrected chi connectivity index (χ3v) is 3.46. The average molecular weight is 230 g/mol. The highest BCUT2D eigenvalue weighted by atomic mass is 15.1. The van der Waals surface area contributed by atoms with Gasteiger partial charge in [0.1, 0.15) is 11.3 Å². The number of aromatic nitrogens is 3. The lowest BCUT2D eigenvalue weighted by Crippen LogP contribution is -2.14. The second-order valence-electron chi connectivity index (χ2n) is 4.99. The van der Waals surface area contributed by atoms with Crippen LogP contribution in [0, 0.1) is 0 Å². The predicted octanol–water partition coefficient (Wildman–Crippen LogP) is 2.09. The van der Waals surface area contributed by atoms with Gasteiger partial charge in [0.15, 0.2) is 0 Å². The first kappa shape index (κ1) is 10.7. The zero-order chi connectivity index (χ0) is 11.8. The van der Waals surface area contributed by atoms with Gasteiger partial charge in [-0.25, -0.2) is 4.98 Å². The van der Waals surface area contributed by atoms with E-state index in [1.165, 1.54) is 17.8 Å². The van der Waals surface area contributed by atoms with Crippen LogP contribution < -0.4 is 5.32 Å². The van der Waals surface area contributed by atoms with Crippen molar-refractivity contribution in [2.75, 3.05) is 13.1 Å². The van der Waals surface area contributed by atoms with Crippen molar-refractivity contribution in [1.29, 1.82) is 0 Å². The van der Waals surface area contributed by atoms with Crippen LogP contribution in [-0.4, -0.2) is 27.6 Å².